The number of nitrogens with one attached hydrogen (secondary N) is 1. The van der Waals surface area contributed by atoms with Crippen LogP contribution in [-0.2, 0) is 6.42 Å². The largest absolute Gasteiger partial charge is 0.352 e. The molecule has 1 heterocycles. The molecule has 0 aliphatic rings. The number of halogens is 3. The molecule has 1 aromatic heterocycles. The van der Waals surface area contributed by atoms with Gasteiger partial charge in [-0.05, 0) is 52.2 Å². The molecule has 0 fully saturated rings. The predicted octanol–water partition coefficient (Wildman–Crippen LogP) is 4.12. The van der Waals surface area contributed by atoms with Gasteiger partial charge in [0.05, 0.1) is 5.56 Å². The summed E-state index contributed by atoms with van der Waals surface area (Å²) in [7, 11) is 0. The maximum absolute atomic E-state index is 12.0. The van der Waals surface area contributed by atoms with Crippen molar-refractivity contribution >= 4 is 45.0 Å². The van der Waals surface area contributed by atoms with E-state index in [1.807, 2.05) is 6.07 Å². The van der Waals surface area contributed by atoms with Crippen molar-refractivity contribution in [2.75, 3.05) is 6.54 Å². The van der Waals surface area contributed by atoms with Gasteiger partial charge in [-0.15, -0.1) is 0 Å². The highest BCUT2D eigenvalue weighted by Gasteiger charge is 2.09. The number of pyridine rings is 1. The van der Waals surface area contributed by atoms with Crippen molar-refractivity contribution < 1.29 is 4.79 Å². The summed E-state index contributed by atoms with van der Waals surface area (Å²) in [4.78, 5) is 16.0. The Morgan fingerprint density at radius 1 is 1.30 bits per heavy atom. The van der Waals surface area contributed by atoms with Gasteiger partial charge in [-0.1, -0.05) is 29.3 Å². The van der Waals surface area contributed by atoms with Gasteiger partial charge in [0.1, 0.15) is 4.60 Å². The van der Waals surface area contributed by atoms with Gasteiger partial charge in [-0.3, -0.25) is 4.79 Å². The lowest BCUT2D eigenvalue weighted by Gasteiger charge is -2.07. The first-order valence-electron chi connectivity index (χ1n) is 5.90. The van der Waals surface area contributed by atoms with E-state index in [2.05, 4.69) is 26.2 Å². The van der Waals surface area contributed by atoms with Crippen LogP contribution in [0.3, 0.4) is 0 Å². The minimum absolute atomic E-state index is 0.171. The Bertz CT molecular complexity index is 634. The minimum Gasteiger partial charge on any atom is -0.352 e. The Balaban J connectivity index is 1.93. The van der Waals surface area contributed by atoms with Gasteiger partial charge in [0, 0.05) is 22.8 Å². The van der Waals surface area contributed by atoms with E-state index >= 15 is 0 Å². The zero-order valence-electron chi connectivity index (χ0n) is 10.4. The molecule has 0 bridgehead atoms. The van der Waals surface area contributed by atoms with Crippen LogP contribution in [0.15, 0.2) is 41.1 Å². The Morgan fingerprint density at radius 2 is 2.10 bits per heavy atom. The standard InChI is InChI=1S/C14H11BrCl2N2O/c15-13-11(2-1-6-18-13)14(20)19-7-5-9-3-4-10(16)8-12(9)17/h1-4,6,8H,5,7H2,(H,19,20). The third-order valence-electron chi connectivity index (χ3n) is 2.70. The molecule has 0 saturated heterocycles. The van der Waals surface area contributed by atoms with Crippen molar-refractivity contribution in [3.8, 4) is 0 Å². The molecule has 2 rings (SSSR count). The van der Waals surface area contributed by atoms with E-state index in [0.29, 0.717) is 33.2 Å². The van der Waals surface area contributed by atoms with Crippen molar-refractivity contribution in [2.24, 2.45) is 0 Å². The average molecular weight is 374 g/mol. The number of hydrogen-bond donors (Lipinski definition) is 1. The number of amides is 1. The lowest BCUT2D eigenvalue weighted by Crippen LogP contribution is -2.26. The zero-order chi connectivity index (χ0) is 14.5. The van der Waals surface area contributed by atoms with E-state index in [1.54, 1.807) is 30.5 Å². The van der Waals surface area contributed by atoms with Crippen LogP contribution in [0.5, 0.6) is 0 Å². The smallest absolute Gasteiger partial charge is 0.254 e. The summed E-state index contributed by atoms with van der Waals surface area (Å²) in [6.45, 7) is 0.488. The first kappa shape index (κ1) is 15.3. The molecule has 0 radical (unpaired) electrons. The first-order chi connectivity index (χ1) is 9.58. The molecule has 0 aliphatic heterocycles. The summed E-state index contributed by atoms with van der Waals surface area (Å²) in [6, 6.07) is 8.76. The molecule has 0 spiro atoms. The fraction of sp³-hybridized carbons (Fsp3) is 0.143. The van der Waals surface area contributed by atoms with Crippen LogP contribution in [0.25, 0.3) is 0 Å². The molecule has 1 N–H and O–H groups in total. The topological polar surface area (TPSA) is 42.0 Å². The number of carbonyl (C=O) groups is 1. The zero-order valence-corrected chi connectivity index (χ0v) is 13.5. The maximum atomic E-state index is 12.0. The number of aromatic nitrogens is 1. The summed E-state index contributed by atoms with van der Waals surface area (Å²) >= 11 is 15.2. The quantitative estimate of drug-likeness (QED) is 0.819. The van der Waals surface area contributed by atoms with Crippen LogP contribution in [0.4, 0.5) is 0 Å². The SMILES string of the molecule is O=C(NCCc1ccc(Cl)cc1Cl)c1cccnc1Br. The fourth-order valence-corrected chi connectivity index (χ4v) is 2.62. The summed E-state index contributed by atoms with van der Waals surface area (Å²) < 4.78 is 0.530. The highest BCUT2D eigenvalue weighted by Crippen LogP contribution is 2.21. The molecule has 20 heavy (non-hydrogen) atoms. The third kappa shape index (κ3) is 3.95. The maximum Gasteiger partial charge on any atom is 0.254 e. The van der Waals surface area contributed by atoms with E-state index < -0.39 is 0 Å². The first-order valence-corrected chi connectivity index (χ1v) is 7.45. The Kier molecular flexibility index (Phi) is 5.40. The van der Waals surface area contributed by atoms with Crippen molar-refractivity contribution in [1.82, 2.24) is 10.3 Å². The molecular formula is C14H11BrCl2N2O. The second kappa shape index (κ2) is 7.07. The highest BCUT2D eigenvalue weighted by atomic mass is 79.9. The molecular weight excluding hydrogens is 363 g/mol. The second-order valence-electron chi connectivity index (χ2n) is 4.08. The summed E-state index contributed by atoms with van der Waals surface area (Å²) in [5.41, 5.74) is 1.45. The Hall–Kier alpha value is -1.10. The van der Waals surface area contributed by atoms with E-state index in [4.69, 9.17) is 23.2 Å². The van der Waals surface area contributed by atoms with Crippen LogP contribution in [0.2, 0.25) is 10.0 Å². The van der Waals surface area contributed by atoms with Gasteiger partial charge in [0.15, 0.2) is 0 Å². The normalized spacial score (nSPS) is 10.3. The van der Waals surface area contributed by atoms with E-state index in [-0.39, 0.29) is 5.91 Å². The molecule has 0 atom stereocenters. The van der Waals surface area contributed by atoms with Crippen LogP contribution >= 0.6 is 39.1 Å². The Labute approximate surface area is 135 Å². The Morgan fingerprint density at radius 3 is 2.80 bits per heavy atom. The molecule has 0 unspecified atom stereocenters. The minimum atomic E-state index is -0.171. The summed E-state index contributed by atoms with van der Waals surface area (Å²) in [5, 5.41) is 4.03. The molecule has 2 aromatic rings. The van der Waals surface area contributed by atoms with Crippen LogP contribution < -0.4 is 5.32 Å². The van der Waals surface area contributed by atoms with Crippen molar-refractivity contribution in [2.45, 2.75) is 6.42 Å². The van der Waals surface area contributed by atoms with E-state index in [1.165, 1.54) is 0 Å². The van der Waals surface area contributed by atoms with Gasteiger partial charge in [-0.2, -0.15) is 0 Å². The number of nitrogens with zero attached hydrogens (tertiary/aromatic N) is 1. The monoisotopic (exact) mass is 372 g/mol. The van der Waals surface area contributed by atoms with Gasteiger partial charge >= 0.3 is 0 Å². The van der Waals surface area contributed by atoms with Gasteiger partial charge in [0.2, 0.25) is 0 Å². The molecule has 1 amide bonds. The van der Waals surface area contributed by atoms with Gasteiger partial charge in [-0.25, -0.2) is 4.98 Å². The van der Waals surface area contributed by atoms with Gasteiger partial charge in [0.25, 0.3) is 5.91 Å². The third-order valence-corrected chi connectivity index (χ3v) is 3.92. The fourth-order valence-electron chi connectivity index (χ4n) is 1.69. The van der Waals surface area contributed by atoms with Crippen molar-refractivity contribution in [3.63, 3.8) is 0 Å². The highest BCUT2D eigenvalue weighted by molar-refractivity contribution is 9.10. The van der Waals surface area contributed by atoms with E-state index in [0.717, 1.165) is 5.56 Å². The van der Waals surface area contributed by atoms with Crippen molar-refractivity contribution in [1.29, 1.82) is 0 Å². The van der Waals surface area contributed by atoms with Crippen LogP contribution in [-0.4, -0.2) is 17.4 Å². The second-order valence-corrected chi connectivity index (χ2v) is 5.68. The molecule has 0 saturated carbocycles. The van der Waals surface area contributed by atoms with Crippen molar-refractivity contribution in [3.05, 3.63) is 62.3 Å². The predicted molar refractivity (Wildman–Crippen MR) is 84.4 cm³/mol. The lowest BCUT2D eigenvalue weighted by atomic mass is 10.1. The molecule has 0 aliphatic carbocycles. The summed E-state index contributed by atoms with van der Waals surface area (Å²) in [6.07, 6.45) is 2.26. The summed E-state index contributed by atoms with van der Waals surface area (Å²) in [5.74, 6) is -0.171. The van der Waals surface area contributed by atoms with E-state index in [9.17, 15) is 4.79 Å². The van der Waals surface area contributed by atoms with Crippen LogP contribution in [0, 0.1) is 0 Å². The number of rotatable bonds is 4. The molecule has 104 valence electrons. The number of carbonyl (C=O) groups excluding carboxylic acids is 1. The van der Waals surface area contributed by atoms with Gasteiger partial charge < -0.3 is 5.32 Å². The lowest BCUT2D eigenvalue weighted by molar-refractivity contribution is 0.0953. The average Bonchev–Trinajstić information content (AvgIpc) is 2.41. The number of hydrogen-bond acceptors (Lipinski definition) is 2. The van der Waals surface area contributed by atoms with Crippen LogP contribution in [0.1, 0.15) is 15.9 Å². The number of benzene rings is 1. The molecule has 1 aromatic carbocycles. The molecule has 3 nitrogen and oxygen atoms in total. The molecule has 6 heteroatoms.